The molecular weight excluding hydrogens is 446 g/mol. The quantitative estimate of drug-likeness (QED) is 0.425. The minimum absolute atomic E-state index is 0.0203. The first kappa shape index (κ1) is 21.0. The molecule has 1 aromatic heterocycles. The second-order valence-corrected chi connectivity index (χ2v) is 9.03. The second kappa shape index (κ2) is 7.78. The lowest BCUT2D eigenvalue weighted by Gasteiger charge is -2.44. The zero-order chi connectivity index (χ0) is 22.3. The SMILES string of the molecule is COc1cccc(C2C(Cl)C(=O)N2c2ccc(S(=O)(=O)Nc3cc(C)on3)cc2)c1O. The third kappa shape index (κ3) is 3.68. The van der Waals surface area contributed by atoms with E-state index in [0.29, 0.717) is 17.0 Å². The number of phenolic OH excluding ortho intramolecular Hbond substituents is 1. The molecule has 1 aliphatic rings. The number of ether oxygens (including phenoxy) is 1. The first-order chi connectivity index (χ1) is 14.7. The van der Waals surface area contributed by atoms with Gasteiger partial charge in [-0.05, 0) is 37.3 Å². The van der Waals surface area contributed by atoms with Crippen LogP contribution in [0.3, 0.4) is 0 Å². The number of aromatic hydroxyl groups is 1. The zero-order valence-electron chi connectivity index (χ0n) is 16.4. The largest absolute Gasteiger partial charge is 0.504 e. The summed E-state index contributed by atoms with van der Waals surface area (Å²) in [5.74, 6) is 0.325. The van der Waals surface area contributed by atoms with Crippen LogP contribution in [0.5, 0.6) is 11.5 Å². The van der Waals surface area contributed by atoms with E-state index in [1.54, 1.807) is 25.1 Å². The van der Waals surface area contributed by atoms with Gasteiger partial charge in [-0.15, -0.1) is 11.6 Å². The summed E-state index contributed by atoms with van der Waals surface area (Å²) >= 11 is 6.24. The Balaban J connectivity index is 1.61. The van der Waals surface area contributed by atoms with Crippen LogP contribution in [0.25, 0.3) is 0 Å². The van der Waals surface area contributed by atoms with Crippen molar-refractivity contribution in [3.63, 3.8) is 0 Å². The molecule has 0 radical (unpaired) electrons. The van der Waals surface area contributed by atoms with Crippen LogP contribution in [-0.2, 0) is 14.8 Å². The number of rotatable bonds is 6. The van der Waals surface area contributed by atoms with Crippen LogP contribution in [0.4, 0.5) is 11.5 Å². The maximum Gasteiger partial charge on any atom is 0.263 e. The van der Waals surface area contributed by atoms with Gasteiger partial charge in [-0.25, -0.2) is 8.42 Å². The molecule has 2 unspecified atom stereocenters. The van der Waals surface area contributed by atoms with Crippen molar-refractivity contribution in [3.8, 4) is 11.5 Å². The molecule has 0 aliphatic carbocycles. The van der Waals surface area contributed by atoms with E-state index in [0.717, 1.165) is 0 Å². The van der Waals surface area contributed by atoms with Gasteiger partial charge in [0.2, 0.25) is 5.91 Å². The topological polar surface area (TPSA) is 122 Å². The molecular formula is C20H18ClN3O6S. The average Bonchev–Trinajstić information content (AvgIpc) is 3.15. The smallest absolute Gasteiger partial charge is 0.263 e. The van der Waals surface area contributed by atoms with Crippen molar-refractivity contribution in [2.24, 2.45) is 0 Å². The summed E-state index contributed by atoms with van der Waals surface area (Å²) in [6.07, 6.45) is 0. The summed E-state index contributed by atoms with van der Waals surface area (Å²) in [6, 6.07) is 11.5. The van der Waals surface area contributed by atoms with Gasteiger partial charge in [0.25, 0.3) is 10.0 Å². The maximum atomic E-state index is 12.6. The van der Waals surface area contributed by atoms with Crippen LogP contribution in [-0.4, -0.2) is 37.1 Å². The minimum Gasteiger partial charge on any atom is -0.504 e. The molecule has 0 spiro atoms. The van der Waals surface area contributed by atoms with Crippen LogP contribution in [0.15, 0.2) is 57.9 Å². The van der Waals surface area contributed by atoms with Crippen LogP contribution >= 0.6 is 11.6 Å². The third-order valence-corrected chi connectivity index (χ3v) is 6.69. The Kier molecular flexibility index (Phi) is 5.28. The Labute approximate surface area is 183 Å². The lowest BCUT2D eigenvalue weighted by molar-refractivity contribution is -0.123. The predicted octanol–water partition coefficient (Wildman–Crippen LogP) is 3.19. The number of hydrogen-bond donors (Lipinski definition) is 2. The van der Waals surface area contributed by atoms with Crippen molar-refractivity contribution in [3.05, 3.63) is 59.9 Å². The zero-order valence-corrected chi connectivity index (χ0v) is 18.0. The number of alkyl halides is 1. The van der Waals surface area contributed by atoms with E-state index in [1.165, 1.54) is 42.3 Å². The van der Waals surface area contributed by atoms with Crippen LogP contribution in [0, 0.1) is 6.92 Å². The number of benzene rings is 2. The van der Waals surface area contributed by atoms with Crippen molar-refractivity contribution in [2.45, 2.75) is 23.2 Å². The number of aryl methyl sites for hydroxylation is 1. The Morgan fingerprint density at radius 3 is 2.55 bits per heavy atom. The Morgan fingerprint density at radius 2 is 1.94 bits per heavy atom. The summed E-state index contributed by atoms with van der Waals surface area (Å²) in [5.41, 5.74) is 0.865. The molecule has 11 heteroatoms. The Morgan fingerprint density at radius 1 is 1.23 bits per heavy atom. The van der Waals surface area contributed by atoms with Crippen molar-refractivity contribution in [1.29, 1.82) is 0 Å². The molecule has 3 aromatic rings. The van der Waals surface area contributed by atoms with E-state index in [4.69, 9.17) is 20.9 Å². The number of methoxy groups -OCH3 is 1. The van der Waals surface area contributed by atoms with Gasteiger partial charge in [0, 0.05) is 17.3 Å². The number of carbonyl (C=O) groups is 1. The van der Waals surface area contributed by atoms with E-state index in [9.17, 15) is 18.3 Å². The number of phenols is 1. The number of para-hydroxylation sites is 1. The number of carbonyl (C=O) groups excluding carboxylic acids is 1. The fourth-order valence-electron chi connectivity index (χ4n) is 3.38. The van der Waals surface area contributed by atoms with Crippen LogP contribution in [0.1, 0.15) is 17.4 Å². The highest BCUT2D eigenvalue weighted by molar-refractivity contribution is 7.92. The molecule has 162 valence electrons. The van der Waals surface area contributed by atoms with Gasteiger partial charge in [-0.3, -0.25) is 9.52 Å². The minimum atomic E-state index is -3.90. The molecule has 2 aromatic carbocycles. The highest BCUT2D eigenvalue weighted by atomic mass is 35.5. The van der Waals surface area contributed by atoms with Gasteiger partial charge in [0.1, 0.15) is 11.1 Å². The molecule has 0 bridgehead atoms. The van der Waals surface area contributed by atoms with Crippen molar-refractivity contribution in [1.82, 2.24) is 5.16 Å². The monoisotopic (exact) mass is 463 g/mol. The van der Waals surface area contributed by atoms with Gasteiger partial charge in [-0.2, -0.15) is 0 Å². The Bertz CT molecular complexity index is 1240. The molecule has 9 nitrogen and oxygen atoms in total. The number of hydrogen-bond acceptors (Lipinski definition) is 7. The lowest BCUT2D eigenvalue weighted by atomic mass is 9.91. The number of sulfonamides is 1. The molecule has 0 saturated carbocycles. The third-order valence-electron chi connectivity index (χ3n) is 4.89. The predicted molar refractivity (Wildman–Crippen MR) is 113 cm³/mol. The van der Waals surface area contributed by atoms with E-state index < -0.39 is 21.4 Å². The second-order valence-electron chi connectivity index (χ2n) is 6.88. The number of amides is 1. The number of halogens is 1. The molecule has 2 N–H and O–H groups in total. The number of β-lactam (4-membered cyclic amide) rings is 1. The van der Waals surface area contributed by atoms with Gasteiger partial charge >= 0.3 is 0 Å². The Hall–Kier alpha value is -3.24. The van der Waals surface area contributed by atoms with E-state index >= 15 is 0 Å². The van der Waals surface area contributed by atoms with E-state index in [-0.39, 0.29) is 28.1 Å². The van der Waals surface area contributed by atoms with E-state index in [2.05, 4.69) is 9.88 Å². The van der Waals surface area contributed by atoms with Crippen molar-refractivity contribution >= 4 is 39.0 Å². The normalized spacial score (nSPS) is 18.5. The average molecular weight is 464 g/mol. The molecule has 1 aliphatic heterocycles. The number of nitrogens with one attached hydrogen (secondary N) is 1. The number of aromatic nitrogens is 1. The summed E-state index contributed by atoms with van der Waals surface area (Å²) < 4.78 is 37.4. The van der Waals surface area contributed by atoms with Crippen molar-refractivity contribution < 1.29 is 27.6 Å². The first-order valence-corrected chi connectivity index (χ1v) is 11.0. The molecule has 2 heterocycles. The first-order valence-electron chi connectivity index (χ1n) is 9.12. The summed E-state index contributed by atoms with van der Waals surface area (Å²) in [6.45, 7) is 1.64. The van der Waals surface area contributed by atoms with Crippen molar-refractivity contribution in [2.75, 3.05) is 16.7 Å². The maximum absolute atomic E-state index is 12.6. The highest BCUT2D eigenvalue weighted by Gasteiger charge is 2.49. The molecule has 31 heavy (non-hydrogen) atoms. The molecule has 2 atom stereocenters. The molecule has 4 rings (SSSR count). The standard InChI is InChI=1S/C20H18ClN3O6S/c1-11-10-16(22-30-11)23-31(27,28)13-8-6-12(7-9-13)24-18(17(21)20(24)26)14-4-3-5-15(29-2)19(14)25/h3-10,17-18,25H,1-2H3,(H,22,23). The van der Waals surface area contributed by atoms with Gasteiger partial charge in [-0.1, -0.05) is 17.3 Å². The summed E-state index contributed by atoms with van der Waals surface area (Å²) in [5, 5.41) is 13.2. The van der Waals surface area contributed by atoms with E-state index in [1.807, 2.05) is 0 Å². The fourth-order valence-corrected chi connectivity index (χ4v) is 4.72. The highest BCUT2D eigenvalue weighted by Crippen LogP contribution is 2.47. The molecule has 1 fully saturated rings. The van der Waals surface area contributed by atoms with Crippen LogP contribution in [0.2, 0.25) is 0 Å². The number of anilines is 2. The van der Waals surface area contributed by atoms with Gasteiger partial charge < -0.3 is 19.3 Å². The summed E-state index contributed by atoms with van der Waals surface area (Å²) in [7, 11) is -2.47. The van der Waals surface area contributed by atoms with Gasteiger partial charge in [0.15, 0.2) is 17.3 Å². The fraction of sp³-hybridized carbons (Fsp3) is 0.200. The molecule has 1 saturated heterocycles. The van der Waals surface area contributed by atoms with Crippen LogP contribution < -0.4 is 14.4 Å². The lowest BCUT2D eigenvalue weighted by Crippen LogP contribution is -2.56. The number of nitrogens with zero attached hydrogens (tertiary/aromatic N) is 2. The molecule has 1 amide bonds. The summed E-state index contributed by atoms with van der Waals surface area (Å²) in [4.78, 5) is 13.8. The van der Waals surface area contributed by atoms with Gasteiger partial charge in [0.05, 0.1) is 18.0 Å².